The van der Waals surface area contributed by atoms with Gasteiger partial charge in [0.1, 0.15) is 0 Å². The zero-order valence-corrected chi connectivity index (χ0v) is 9.84. The molecule has 0 unspecified atom stereocenters. The monoisotopic (exact) mass is 256 g/mol. The maximum absolute atomic E-state index is 10.9. The third kappa shape index (κ3) is 2.84. The van der Waals surface area contributed by atoms with E-state index >= 15 is 0 Å². The second-order valence-corrected chi connectivity index (χ2v) is 4.62. The SMILES string of the molecule is CC(C)Cc1ccc(Br)cc1C(=O)O. The van der Waals surface area contributed by atoms with E-state index in [1.54, 1.807) is 6.07 Å². The van der Waals surface area contributed by atoms with Crippen molar-refractivity contribution in [2.24, 2.45) is 5.92 Å². The molecule has 1 rings (SSSR count). The Labute approximate surface area is 92.1 Å². The minimum Gasteiger partial charge on any atom is -0.478 e. The minimum absolute atomic E-state index is 0.396. The van der Waals surface area contributed by atoms with E-state index in [2.05, 4.69) is 29.8 Å². The van der Waals surface area contributed by atoms with E-state index in [0.717, 1.165) is 16.5 Å². The number of hydrogen-bond donors (Lipinski definition) is 1. The first-order chi connectivity index (χ1) is 6.50. The van der Waals surface area contributed by atoms with Gasteiger partial charge in [0.15, 0.2) is 0 Å². The highest BCUT2D eigenvalue weighted by atomic mass is 79.9. The predicted octanol–water partition coefficient (Wildman–Crippen LogP) is 3.35. The van der Waals surface area contributed by atoms with Crippen LogP contribution in [0.1, 0.15) is 29.8 Å². The van der Waals surface area contributed by atoms with Crippen LogP contribution in [0.5, 0.6) is 0 Å². The standard InChI is InChI=1S/C11H13BrO2/c1-7(2)5-8-3-4-9(12)6-10(8)11(13)14/h3-4,6-7H,5H2,1-2H3,(H,13,14). The number of benzene rings is 1. The molecular formula is C11H13BrO2. The lowest BCUT2D eigenvalue weighted by atomic mass is 9.98. The van der Waals surface area contributed by atoms with Gasteiger partial charge in [-0.2, -0.15) is 0 Å². The number of aromatic carboxylic acids is 1. The number of carboxylic acids is 1. The Hall–Kier alpha value is -0.830. The van der Waals surface area contributed by atoms with Gasteiger partial charge in [-0.1, -0.05) is 35.8 Å². The highest BCUT2D eigenvalue weighted by Gasteiger charge is 2.11. The van der Waals surface area contributed by atoms with Crippen molar-refractivity contribution in [1.82, 2.24) is 0 Å². The predicted molar refractivity (Wildman–Crippen MR) is 59.6 cm³/mol. The molecule has 0 aliphatic rings. The molecule has 0 bridgehead atoms. The lowest BCUT2D eigenvalue weighted by Gasteiger charge is -2.08. The Balaban J connectivity index is 3.08. The summed E-state index contributed by atoms with van der Waals surface area (Å²) >= 11 is 3.27. The zero-order chi connectivity index (χ0) is 10.7. The summed E-state index contributed by atoms with van der Waals surface area (Å²) in [5.41, 5.74) is 1.30. The first kappa shape index (κ1) is 11.2. The van der Waals surface area contributed by atoms with Gasteiger partial charge in [-0.15, -0.1) is 0 Å². The molecule has 0 fully saturated rings. The quantitative estimate of drug-likeness (QED) is 0.901. The summed E-state index contributed by atoms with van der Waals surface area (Å²) in [6.45, 7) is 4.15. The molecule has 14 heavy (non-hydrogen) atoms. The van der Waals surface area contributed by atoms with Gasteiger partial charge in [0.25, 0.3) is 0 Å². The van der Waals surface area contributed by atoms with Crippen molar-refractivity contribution in [2.45, 2.75) is 20.3 Å². The van der Waals surface area contributed by atoms with Crippen LogP contribution in [0.25, 0.3) is 0 Å². The molecule has 1 N–H and O–H groups in total. The van der Waals surface area contributed by atoms with Crippen LogP contribution in [-0.4, -0.2) is 11.1 Å². The van der Waals surface area contributed by atoms with E-state index in [4.69, 9.17) is 5.11 Å². The molecule has 1 aromatic carbocycles. The first-order valence-corrected chi connectivity index (χ1v) is 5.31. The molecule has 0 radical (unpaired) electrons. The van der Waals surface area contributed by atoms with Gasteiger partial charge in [-0.25, -0.2) is 4.79 Å². The van der Waals surface area contributed by atoms with Crippen LogP contribution in [-0.2, 0) is 6.42 Å². The van der Waals surface area contributed by atoms with Crippen molar-refractivity contribution in [1.29, 1.82) is 0 Å². The molecule has 0 aromatic heterocycles. The smallest absolute Gasteiger partial charge is 0.336 e. The van der Waals surface area contributed by atoms with Crippen molar-refractivity contribution in [2.75, 3.05) is 0 Å². The highest BCUT2D eigenvalue weighted by Crippen LogP contribution is 2.19. The molecule has 2 nitrogen and oxygen atoms in total. The van der Waals surface area contributed by atoms with Crippen LogP contribution in [0.3, 0.4) is 0 Å². The lowest BCUT2D eigenvalue weighted by molar-refractivity contribution is 0.0695. The number of halogens is 1. The van der Waals surface area contributed by atoms with E-state index in [0.29, 0.717) is 11.5 Å². The van der Waals surface area contributed by atoms with E-state index in [-0.39, 0.29) is 0 Å². The molecule has 0 aliphatic heterocycles. The minimum atomic E-state index is -0.859. The molecule has 0 aliphatic carbocycles. The highest BCUT2D eigenvalue weighted by molar-refractivity contribution is 9.10. The van der Waals surface area contributed by atoms with Gasteiger partial charge in [-0.3, -0.25) is 0 Å². The topological polar surface area (TPSA) is 37.3 Å². The second kappa shape index (κ2) is 4.60. The molecular weight excluding hydrogens is 244 g/mol. The van der Waals surface area contributed by atoms with Crippen molar-refractivity contribution in [3.63, 3.8) is 0 Å². The summed E-state index contributed by atoms with van der Waals surface area (Å²) in [5.74, 6) is -0.392. The van der Waals surface area contributed by atoms with Crippen LogP contribution in [0.4, 0.5) is 0 Å². The second-order valence-electron chi connectivity index (χ2n) is 3.70. The summed E-state index contributed by atoms with van der Waals surface area (Å²) < 4.78 is 0.808. The molecule has 0 atom stereocenters. The van der Waals surface area contributed by atoms with Gasteiger partial charge >= 0.3 is 5.97 Å². The lowest BCUT2D eigenvalue weighted by Crippen LogP contribution is -2.05. The summed E-state index contributed by atoms with van der Waals surface area (Å²) in [6.07, 6.45) is 0.801. The van der Waals surface area contributed by atoms with Crippen molar-refractivity contribution in [3.8, 4) is 0 Å². The summed E-state index contributed by atoms with van der Waals surface area (Å²) in [5, 5.41) is 8.98. The molecule has 0 spiro atoms. The Morgan fingerprint density at radius 1 is 1.50 bits per heavy atom. The van der Waals surface area contributed by atoms with E-state index < -0.39 is 5.97 Å². The fourth-order valence-electron chi connectivity index (χ4n) is 1.37. The van der Waals surface area contributed by atoms with Crippen molar-refractivity contribution < 1.29 is 9.90 Å². The van der Waals surface area contributed by atoms with Gasteiger partial charge in [0.2, 0.25) is 0 Å². The summed E-state index contributed by atoms with van der Waals surface area (Å²) in [7, 11) is 0. The van der Waals surface area contributed by atoms with Gasteiger partial charge in [-0.05, 0) is 30.0 Å². The molecule has 0 amide bonds. The normalized spacial score (nSPS) is 10.6. The molecule has 3 heteroatoms. The number of rotatable bonds is 3. The Bertz CT molecular complexity index is 345. The zero-order valence-electron chi connectivity index (χ0n) is 8.25. The van der Waals surface area contributed by atoms with Crippen LogP contribution in [0, 0.1) is 5.92 Å². The largest absolute Gasteiger partial charge is 0.478 e. The van der Waals surface area contributed by atoms with Gasteiger partial charge < -0.3 is 5.11 Å². The number of carbonyl (C=O) groups is 1. The molecule has 76 valence electrons. The molecule has 0 saturated heterocycles. The first-order valence-electron chi connectivity index (χ1n) is 4.52. The fourth-order valence-corrected chi connectivity index (χ4v) is 1.73. The van der Waals surface area contributed by atoms with E-state index in [9.17, 15) is 4.79 Å². The molecule has 0 saturated carbocycles. The maximum Gasteiger partial charge on any atom is 0.336 e. The Morgan fingerprint density at radius 2 is 2.14 bits per heavy atom. The van der Waals surface area contributed by atoms with Gasteiger partial charge in [0.05, 0.1) is 5.56 Å². The maximum atomic E-state index is 10.9. The number of hydrogen-bond acceptors (Lipinski definition) is 1. The summed E-state index contributed by atoms with van der Waals surface area (Å²) in [6, 6.07) is 5.40. The third-order valence-corrected chi connectivity index (χ3v) is 2.42. The average molecular weight is 257 g/mol. The van der Waals surface area contributed by atoms with E-state index in [1.165, 1.54) is 0 Å². The Kier molecular flexibility index (Phi) is 3.69. The fraction of sp³-hybridized carbons (Fsp3) is 0.364. The van der Waals surface area contributed by atoms with Crippen molar-refractivity contribution in [3.05, 3.63) is 33.8 Å². The molecule has 1 aromatic rings. The number of carboxylic acid groups (broad SMARTS) is 1. The van der Waals surface area contributed by atoms with Crippen molar-refractivity contribution >= 4 is 21.9 Å². The summed E-state index contributed by atoms with van der Waals surface area (Å²) in [4.78, 5) is 10.9. The van der Waals surface area contributed by atoms with Crippen LogP contribution in [0.2, 0.25) is 0 Å². The molecule has 0 heterocycles. The van der Waals surface area contributed by atoms with Crippen LogP contribution in [0.15, 0.2) is 22.7 Å². The Morgan fingerprint density at radius 3 is 2.64 bits per heavy atom. The van der Waals surface area contributed by atoms with E-state index in [1.807, 2.05) is 12.1 Å². The average Bonchev–Trinajstić information content (AvgIpc) is 2.07. The van der Waals surface area contributed by atoms with Crippen LogP contribution < -0.4 is 0 Å². The third-order valence-electron chi connectivity index (χ3n) is 1.93. The van der Waals surface area contributed by atoms with Gasteiger partial charge in [0, 0.05) is 4.47 Å². The van der Waals surface area contributed by atoms with Crippen LogP contribution >= 0.6 is 15.9 Å².